The van der Waals surface area contributed by atoms with Gasteiger partial charge in [0.15, 0.2) is 4.34 Å². The summed E-state index contributed by atoms with van der Waals surface area (Å²) in [5, 5.41) is 27.8. The van der Waals surface area contributed by atoms with Gasteiger partial charge in [-0.15, -0.1) is 22.0 Å². The molecule has 3 rings (SSSR count). The molecule has 0 spiro atoms. The molecule has 2 aliphatic heterocycles. The van der Waals surface area contributed by atoms with E-state index in [1.54, 1.807) is 5.51 Å². The number of thioether (sulfide) groups is 2. The summed E-state index contributed by atoms with van der Waals surface area (Å²) in [6, 6.07) is 0. The van der Waals surface area contributed by atoms with E-state index in [-0.39, 0.29) is 25.0 Å². The number of ether oxygens (including phenoxy) is 1. The lowest BCUT2D eigenvalue weighted by Crippen LogP contribution is -2.80. The van der Waals surface area contributed by atoms with Crippen molar-refractivity contribution >= 4 is 58.6 Å². The fraction of sp³-hybridized carbons (Fsp3) is 0.500. The van der Waals surface area contributed by atoms with Crippen LogP contribution in [0.4, 0.5) is 0 Å². The zero-order valence-electron chi connectivity index (χ0n) is 15.7. The zero-order chi connectivity index (χ0) is 21.9. The number of carboxylic acids is 2. The van der Waals surface area contributed by atoms with Crippen LogP contribution in [0.1, 0.15) is 19.3 Å². The van der Waals surface area contributed by atoms with Crippen LogP contribution in [0.3, 0.4) is 0 Å². The molecule has 3 heterocycles. The van der Waals surface area contributed by atoms with Gasteiger partial charge in [-0.3, -0.25) is 19.3 Å². The quantitative estimate of drug-likeness (QED) is 0.247. The molecular formula is C16H18N4O7S3. The third kappa shape index (κ3) is 4.31. The molecule has 0 aliphatic carbocycles. The second-order valence-corrected chi connectivity index (χ2v) is 9.45. The average molecular weight is 475 g/mol. The number of carbonyl (C=O) groups excluding carboxylic acids is 2. The number of nitrogens with one attached hydrogen (secondary N) is 1. The lowest BCUT2D eigenvalue weighted by molar-refractivity contribution is -0.192. The van der Waals surface area contributed by atoms with E-state index >= 15 is 0 Å². The second kappa shape index (κ2) is 9.32. The SMILES string of the molecule is CO[C@@]1(NC(=O)CCCC(=O)O)C(=O)N2C(C(=O)O)=C(CSc3nncs3)CS[C@@H]21. The number of carbonyl (C=O) groups is 4. The van der Waals surface area contributed by atoms with E-state index in [9.17, 15) is 24.3 Å². The predicted octanol–water partition coefficient (Wildman–Crippen LogP) is 0.598. The second-order valence-electron chi connectivity index (χ2n) is 6.32. The summed E-state index contributed by atoms with van der Waals surface area (Å²) in [5.41, 5.74) is 0.345. The molecule has 30 heavy (non-hydrogen) atoms. The first-order chi connectivity index (χ1) is 14.3. The summed E-state index contributed by atoms with van der Waals surface area (Å²) in [5.74, 6) is -2.80. The molecule has 3 N–H and O–H groups in total. The van der Waals surface area contributed by atoms with Crippen molar-refractivity contribution in [3.05, 3.63) is 16.8 Å². The Balaban J connectivity index is 1.74. The fourth-order valence-corrected chi connectivity index (χ4v) is 6.16. The van der Waals surface area contributed by atoms with Crippen molar-refractivity contribution in [1.82, 2.24) is 20.4 Å². The van der Waals surface area contributed by atoms with Gasteiger partial charge in [-0.2, -0.15) is 0 Å². The highest BCUT2D eigenvalue weighted by Crippen LogP contribution is 2.47. The summed E-state index contributed by atoms with van der Waals surface area (Å²) in [6.07, 6.45) is -0.148. The Morgan fingerprint density at radius 3 is 2.77 bits per heavy atom. The Morgan fingerprint density at radius 2 is 2.17 bits per heavy atom. The van der Waals surface area contributed by atoms with Gasteiger partial charge in [0.25, 0.3) is 11.6 Å². The number of aliphatic carboxylic acids is 2. The van der Waals surface area contributed by atoms with Crippen molar-refractivity contribution in [3.8, 4) is 0 Å². The molecular weight excluding hydrogens is 456 g/mol. The Hall–Kier alpha value is -2.16. The minimum atomic E-state index is -1.68. The van der Waals surface area contributed by atoms with Crippen LogP contribution in [0.2, 0.25) is 0 Å². The smallest absolute Gasteiger partial charge is 0.352 e. The number of hydrogen-bond donors (Lipinski definition) is 3. The largest absolute Gasteiger partial charge is 0.481 e. The molecule has 11 nitrogen and oxygen atoms in total. The summed E-state index contributed by atoms with van der Waals surface area (Å²) >= 11 is 3.96. The Morgan fingerprint density at radius 1 is 1.40 bits per heavy atom. The maximum absolute atomic E-state index is 12.9. The molecule has 0 unspecified atom stereocenters. The molecule has 2 aliphatic rings. The van der Waals surface area contributed by atoms with Crippen LogP contribution in [0.5, 0.6) is 0 Å². The minimum absolute atomic E-state index is 0.0898. The zero-order valence-corrected chi connectivity index (χ0v) is 18.1. The van der Waals surface area contributed by atoms with Crippen molar-refractivity contribution in [2.24, 2.45) is 0 Å². The van der Waals surface area contributed by atoms with Crippen LogP contribution in [-0.2, 0) is 23.9 Å². The number of hydrogen-bond acceptors (Lipinski definition) is 10. The topological polar surface area (TPSA) is 159 Å². The van der Waals surface area contributed by atoms with Gasteiger partial charge in [0, 0.05) is 31.5 Å². The van der Waals surface area contributed by atoms with Gasteiger partial charge >= 0.3 is 11.9 Å². The number of rotatable bonds is 10. The van der Waals surface area contributed by atoms with E-state index in [0.717, 1.165) is 4.90 Å². The monoisotopic (exact) mass is 474 g/mol. The van der Waals surface area contributed by atoms with E-state index < -0.39 is 34.9 Å². The highest BCUT2D eigenvalue weighted by Gasteiger charge is 2.66. The highest BCUT2D eigenvalue weighted by atomic mass is 32.2. The summed E-state index contributed by atoms with van der Waals surface area (Å²) in [6.45, 7) is 0. The molecule has 14 heteroatoms. The molecule has 1 fully saturated rings. The Bertz CT molecular complexity index is 891. The molecule has 0 aromatic carbocycles. The van der Waals surface area contributed by atoms with Crippen molar-refractivity contribution in [2.45, 2.75) is 34.7 Å². The maximum atomic E-state index is 12.9. The Kier molecular flexibility index (Phi) is 7.00. The molecule has 162 valence electrons. The van der Waals surface area contributed by atoms with Crippen LogP contribution in [0.15, 0.2) is 21.1 Å². The molecule has 1 saturated heterocycles. The van der Waals surface area contributed by atoms with Gasteiger partial charge in [0.1, 0.15) is 16.6 Å². The van der Waals surface area contributed by atoms with Crippen molar-refractivity contribution in [1.29, 1.82) is 0 Å². The summed E-state index contributed by atoms with van der Waals surface area (Å²) < 4.78 is 6.03. The van der Waals surface area contributed by atoms with Gasteiger partial charge in [0.2, 0.25) is 5.91 Å². The van der Waals surface area contributed by atoms with E-state index in [4.69, 9.17) is 9.84 Å². The van der Waals surface area contributed by atoms with Crippen LogP contribution in [-0.4, -0.2) is 78.8 Å². The van der Waals surface area contributed by atoms with Crippen molar-refractivity contribution in [3.63, 3.8) is 0 Å². The highest BCUT2D eigenvalue weighted by molar-refractivity contribution is 8.01. The van der Waals surface area contributed by atoms with E-state index in [1.165, 1.54) is 42.0 Å². The molecule has 0 radical (unpaired) electrons. The predicted molar refractivity (Wildman–Crippen MR) is 108 cm³/mol. The van der Waals surface area contributed by atoms with Crippen LogP contribution >= 0.6 is 34.9 Å². The summed E-state index contributed by atoms with van der Waals surface area (Å²) in [7, 11) is 1.26. The number of methoxy groups -OCH3 is 1. The standard InChI is InChI=1S/C16H18N4O7S3/c1-27-16(18-9(21)3-2-4-10(22)23)13(26)20-11(12(24)25)8(5-28-14(16)20)6-29-15-19-17-7-30-15/h7,14H,2-6H2,1H3,(H,18,21)(H,22,23)(H,24,25)/t14-,16+/m1/s1. The van der Waals surface area contributed by atoms with E-state index in [1.807, 2.05) is 0 Å². The normalized spacial score (nSPS) is 23.0. The van der Waals surface area contributed by atoms with E-state index in [0.29, 0.717) is 21.4 Å². The number of carboxylic acid groups (broad SMARTS) is 2. The maximum Gasteiger partial charge on any atom is 0.352 e. The molecule has 1 aromatic heterocycles. The first-order valence-corrected chi connectivity index (χ1v) is 11.6. The number of amides is 2. The number of fused-ring (bicyclic) bond motifs is 1. The minimum Gasteiger partial charge on any atom is -0.481 e. The number of aromatic nitrogens is 2. The van der Waals surface area contributed by atoms with Gasteiger partial charge in [-0.1, -0.05) is 23.1 Å². The fourth-order valence-electron chi connectivity index (χ4n) is 3.10. The first-order valence-electron chi connectivity index (χ1n) is 8.67. The lowest BCUT2D eigenvalue weighted by atomic mass is 9.98. The van der Waals surface area contributed by atoms with Gasteiger partial charge in [0.05, 0.1) is 0 Å². The third-order valence-electron chi connectivity index (χ3n) is 4.46. The molecule has 2 atom stereocenters. The molecule has 0 bridgehead atoms. The van der Waals surface area contributed by atoms with Crippen molar-refractivity contribution in [2.75, 3.05) is 18.6 Å². The molecule has 0 saturated carbocycles. The van der Waals surface area contributed by atoms with Gasteiger partial charge < -0.3 is 20.3 Å². The van der Waals surface area contributed by atoms with Crippen molar-refractivity contribution < 1.29 is 34.1 Å². The van der Waals surface area contributed by atoms with Crippen LogP contribution in [0.25, 0.3) is 0 Å². The van der Waals surface area contributed by atoms with E-state index in [2.05, 4.69) is 15.5 Å². The van der Waals surface area contributed by atoms with Crippen LogP contribution in [0, 0.1) is 0 Å². The number of β-lactam (4-membered cyclic amide) rings is 1. The Labute approximate surface area is 183 Å². The van der Waals surface area contributed by atoms with Gasteiger partial charge in [-0.05, 0) is 12.0 Å². The molecule has 2 amide bonds. The average Bonchev–Trinajstić information content (AvgIpc) is 3.22. The third-order valence-corrected chi connectivity index (χ3v) is 7.78. The lowest BCUT2D eigenvalue weighted by Gasteiger charge is -2.55. The molecule has 1 aromatic rings. The van der Waals surface area contributed by atoms with Gasteiger partial charge in [-0.25, -0.2) is 4.79 Å². The summed E-state index contributed by atoms with van der Waals surface area (Å²) in [4.78, 5) is 48.8. The first kappa shape index (κ1) is 22.5. The number of nitrogens with zero attached hydrogens (tertiary/aromatic N) is 3. The van der Waals surface area contributed by atoms with Crippen LogP contribution < -0.4 is 5.32 Å².